The smallest absolute Gasteiger partial charge is 0.402 e. The fourth-order valence-electron chi connectivity index (χ4n) is 4.10. The Morgan fingerprint density at radius 3 is 2.55 bits per heavy atom. The molecule has 3 heterocycles. The summed E-state index contributed by atoms with van der Waals surface area (Å²) in [5.41, 5.74) is 2.80. The summed E-state index contributed by atoms with van der Waals surface area (Å²) in [6.07, 6.45) is 0. The second-order valence-electron chi connectivity index (χ2n) is 7.60. The zero-order valence-electron chi connectivity index (χ0n) is 18.6. The largest absolute Gasteiger partial charge is 0.497 e. The van der Waals surface area contributed by atoms with E-state index in [-0.39, 0.29) is 11.9 Å². The Morgan fingerprint density at radius 1 is 1.13 bits per heavy atom. The standard InChI is InChI=1S/C21H27N6O4/c1-12-13(2)27-17-18(24(3)21(29)25(4)19(17)28)23-20(27)26(12)10-9-22-15-11-14(30-5)7-8-16(15)31-6/h7-8,11,17,22H,9-10H2,1-6H3/q+1. The van der Waals surface area contributed by atoms with Gasteiger partial charge < -0.3 is 14.8 Å². The van der Waals surface area contributed by atoms with Crippen molar-refractivity contribution in [2.45, 2.75) is 26.4 Å². The Bertz CT molecular complexity index is 1110. The highest BCUT2D eigenvalue weighted by atomic mass is 16.5. The van der Waals surface area contributed by atoms with Crippen molar-refractivity contribution in [1.29, 1.82) is 0 Å². The minimum Gasteiger partial charge on any atom is -0.497 e. The maximum absolute atomic E-state index is 12.9. The number of hydrogen-bond donors (Lipinski definition) is 1. The number of carbonyl (C=O) groups is 2. The fraction of sp³-hybridized carbons (Fsp3) is 0.429. The molecule has 1 aromatic heterocycles. The van der Waals surface area contributed by atoms with Gasteiger partial charge >= 0.3 is 12.0 Å². The number of imidazole rings is 1. The second kappa shape index (κ2) is 7.60. The summed E-state index contributed by atoms with van der Waals surface area (Å²) in [4.78, 5) is 32.5. The Hall–Kier alpha value is -3.56. The highest BCUT2D eigenvalue weighted by molar-refractivity contribution is 6.20. The van der Waals surface area contributed by atoms with Crippen molar-refractivity contribution < 1.29 is 23.6 Å². The molecular formula is C21H27N6O4+. The Balaban J connectivity index is 1.62. The normalized spacial score (nSPS) is 17.5. The average Bonchev–Trinajstić information content (AvgIpc) is 3.27. The maximum atomic E-state index is 12.9. The third-order valence-corrected chi connectivity index (χ3v) is 6.00. The number of carbonyl (C=O) groups excluding carboxylic acids is 2. The number of imide groups is 1. The molecule has 10 nitrogen and oxygen atoms in total. The van der Waals surface area contributed by atoms with Crippen molar-refractivity contribution in [3.63, 3.8) is 0 Å². The average molecular weight is 427 g/mol. The molecule has 1 saturated heterocycles. The first-order valence-corrected chi connectivity index (χ1v) is 10.0. The number of fused-ring (bicyclic) bond motifs is 3. The molecule has 10 heteroatoms. The minimum absolute atomic E-state index is 0.273. The molecule has 164 valence electrons. The number of nitrogens with one attached hydrogen (secondary N) is 1. The van der Waals surface area contributed by atoms with Crippen LogP contribution in [0.1, 0.15) is 17.4 Å². The Labute approximate surface area is 180 Å². The lowest BCUT2D eigenvalue weighted by Crippen LogP contribution is -2.56. The number of methoxy groups -OCH3 is 2. The van der Waals surface area contributed by atoms with E-state index in [2.05, 4.69) is 14.9 Å². The minimum atomic E-state index is -0.617. The van der Waals surface area contributed by atoms with Crippen LogP contribution in [0.3, 0.4) is 0 Å². The van der Waals surface area contributed by atoms with Crippen LogP contribution in [-0.4, -0.2) is 67.0 Å². The van der Waals surface area contributed by atoms with Gasteiger partial charge in [0.05, 0.1) is 26.5 Å². The molecule has 1 N–H and O–H groups in total. The molecule has 2 aliphatic heterocycles. The first-order chi connectivity index (χ1) is 14.8. The molecule has 31 heavy (non-hydrogen) atoms. The summed E-state index contributed by atoms with van der Waals surface area (Å²) in [7, 11) is 6.39. The summed E-state index contributed by atoms with van der Waals surface area (Å²) in [5.74, 6) is 2.31. The highest BCUT2D eigenvalue weighted by Gasteiger charge is 2.53. The van der Waals surface area contributed by atoms with E-state index >= 15 is 0 Å². The van der Waals surface area contributed by atoms with Crippen molar-refractivity contribution in [3.05, 3.63) is 29.6 Å². The van der Waals surface area contributed by atoms with Crippen molar-refractivity contribution in [2.24, 2.45) is 4.99 Å². The van der Waals surface area contributed by atoms with Gasteiger partial charge in [-0.15, -0.1) is 0 Å². The number of urea groups is 1. The number of ether oxygens (including phenoxy) is 2. The van der Waals surface area contributed by atoms with E-state index in [0.29, 0.717) is 24.9 Å². The zero-order valence-corrected chi connectivity index (χ0v) is 18.6. The number of aromatic nitrogens is 2. The lowest BCUT2D eigenvalue weighted by atomic mass is 10.1. The van der Waals surface area contributed by atoms with Crippen LogP contribution in [0, 0.1) is 13.8 Å². The van der Waals surface area contributed by atoms with Gasteiger partial charge in [-0.25, -0.2) is 13.9 Å². The molecule has 2 aromatic rings. The molecule has 4 rings (SSSR count). The molecule has 0 aliphatic carbocycles. The Kier molecular flexibility index (Phi) is 5.08. The Morgan fingerprint density at radius 2 is 1.87 bits per heavy atom. The van der Waals surface area contributed by atoms with Crippen LogP contribution in [0.2, 0.25) is 0 Å². The molecular weight excluding hydrogens is 400 g/mol. The van der Waals surface area contributed by atoms with Crippen LogP contribution in [0.25, 0.3) is 0 Å². The fourth-order valence-corrected chi connectivity index (χ4v) is 4.10. The molecule has 2 aliphatic rings. The van der Waals surface area contributed by atoms with Crippen molar-refractivity contribution in [2.75, 3.05) is 40.2 Å². The van der Waals surface area contributed by atoms with Crippen LogP contribution < -0.4 is 19.4 Å². The first-order valence-electron chi connectivity index (χ1n) is 10.0. The predicted molar refractivity (Wildman–Crippen MR) is 114 cm³/mol. The van der Waals surface area contributed by atoms with E-state index < -0.39 is 6.04 Å². The van der Waals surface area contributed by atoms with E-state index in [1.54, 1.807) is 21.3 Å². The molecule has 1 unspecified atom stereocenters. The molecule has 0 saturated carbocycles. The van der Waals surface area contributed by atoms with Gasteiger partial charge in [-0.2, -0.15) is 0 Å². The van der Waals surface area contributed by atoms with Gasteiger partial charge in [0.15, 0.2) is 0 Å². The summed E-state index contributed by atoms with van der Waals surface area (Å²) >= 11 is 0. The summed E-state index contributed by atoms with van der Waals surface area (Å²) < 4.78 is 14.7. The maximum Gasteiger partial charge on any atom is 0.402 e. The van der Waals surface area contributed by atoms with E-state index in [4.69, 9.17) is 9.47 Å². The number of aliphatic imine (C=N–C) groups is 1. The van der Waals surface area contributed by atoms with E-state index in [1.165, 1.54) is 11.9 Å². The molecule has 0 spiro atoms. The van der Waals surface area contributed by atoms with Crippen molar-refractivity contribution >= 4 is 29.4 Å². The molecule has 0 radical (unpaired) electrons. The van der Waals surface area contributed by atoms with Gasteiger partial charge in [-0.1, -0.05) is 4.99 Å². The number of likely N-dealkylation sites (N-methyl/N-ethyl adjacent to an activating group) is 2. The number of amides is 3. The van der Waals surface area contributed by atoms with Gasteiger partial charge in [0.1, 0.15) is 22.9 Å². The van der Waals surface area contributed by atoms with Crippen LogP contribution in [-0.2, 0) is 11.3 Å². The monoisotopic (exact) mass is 427 g/mol. The van der Waals surface area contributed by atoms with Gasteiger partial charge in [0.2, 0.25) is 11.9 Å². The van der Waals surface area contributed by atoms with Gasteiger partial charge in [-0.05, 0) is 26.0 Å². The van der Waals surface area contributed by atoms with Crippen LogP contribution >= 0.6 is 0 Å². The molecule has 1 atom stereocenters. The predicted octanol–water partition coefficient (Wildman–Crippen LogP) is 1.63. The molecule has 0 bridgehead atoms. The van der Waals surface area contributed by atoms with Crippen LogP contribution in [0.5, 0.6) is 11.5 Å². The van der Waals surface area contributed by atoms with E-state index in [9.17, 15) is 9.59 Å². The third kappa shape index (κ3) is 3.09. The van der Waals surface area contributed by atoms with Gasteiger partial charge in [0, 0.05) is 26.7 Å². The van der Waals surface area contributed by atoms with Crippen molar-refractivity contribution in [1.82, 2.24) is 14.4 Å². The summed E-state index contributed by atoms with van der Waals surface area (Å²) in [6, 6.07) is 4.59. The number of rotatable bonds is 6. The molecule has 3 amide bonds. The number of hydrogen-bond acceptors (Lipinski definition) is 6. The summed E-state index contributed by atoms with van der Waals surface area (Å²) in [5, 5.41) is 3.39. The second-order valence-corrected chi connectivity index (χ2v) is 7.60. The SMILES string of the molecule is COc1ccc(OC)c(NCC[n+]2c(C)c(C)n3c2N=C2C3C(=O)N(C)C(=O)N2C)c1. The lowest BCUT2D eigenvalue weighted by Gasteiger charge is -2.30. The first kappa shape index (κ1) is 20.7. The van der Waals surface area contributed by atoms with E-state index in [1.807, 2.05) is 36.6 Å². The van der Waals surface area contributed by atoms with Crippen LogP contribution in [0.15, 0.2) is 23.2 Å². The topological polar surface area (TPSA) is 92.3 Å². The molecule has 1 aromatic carbocycles. The molecule has 1 fully saturated rings. The lowest BCUT2D eigenvalue weighted by molar-refractivity contribution is -0.686. The highest BCUT2D eigenvalue weighted by Crippen LogP contribution is 2.34. The summed E-state index contributed by atoms with van der Waals surface area (Å²) in [6.45, 7) is 5.19. The van der Waals surface area contributed by atoms with Crippen LogP contribution in [0.4, 0.5) is 16.4 Å². The van der Waals surface area contributed by atoms with Gasteiger partial charge in [0.25, 0.3) is 5.91 Å². The number of amidine groups is 1. The van der Waals surface area contributed by atoms with E-state index in [0.717, 1.165) is 33.5 Å². The number of anilines is 1. The van der Waals surface area contributed by atoms with Crippen molar-refractivity contribution in [3.8, 4) is 11.5 Å². The quantitative estimate of drug-likeness (QED) is 0.708. The zero-order chi connectivity index (χ0) is 22.4. The third-order valence-electron chi connectivity index (χ3n) is 6.00. The number of nitrogens with zero attached hydrogens (tertiary/aromatic N) is 5. The van der Waals surface area contributed by atoms with Gasteiger partial charge in [-0.3, -0.25) is 14.6 Å². The number of benzene rings is 1.